The molecule has 0 aliphatic heterocycles. The van der Waals surface area contributed by atoms with Crippen LogP contribution in [-0.4, -0.2) is 15.6 Å². The Bertz CT molecular complexity index is 792. The zero-order chi connectivity index (χ0) is 18.8. The second kappa shape index (κ2) is 6.06. The van der Waals surface area contributed by atoms with E-state index in [2.05, 4.69) is 25.0 Å². The molecule has 3 nitrogen and oxygen atoms in total. The minimum atomic E-state index is -0.118. The number of carbonyl (C=O) groups is 1. The maximum Gasteiger partial charge on any atom is 0.165 e. The van der Waals surface area contributed by atoms with E-state index in [-0.39, 0.29) is 5.41 Å². The Hall–Kier alpha value is -1.38. The largest absolute Gasteiger partial charge is 0.294 e. The third-order valence-electron chi connectivity index (χ3n) is 9.29. The smallest absolute Gasteiger partial charge is 0.165 e. The standard InChI is InChI=1S/C24H34N2O/c1-23-10-5-4-6-18(23)7-8-19-20(23)9-11-24(2)21(19)13-17(22(24)27)12-16-14-25-26(3)15-16/h12,14-15,18-21H,4-11,13H2,1-3H3/b17-12+/t18-,19-,20+,21+,23-,24+/m0/s1. The van der Waals surface area contributed by atoms with Crippen LogP contribution in [-0.2, 0) is 11.8 Å². The van der Waals surface area contributed by atoms with Gasteiger partial charge < -0.3 is 0 Å². The molecule has 4 saturated carbocycles. The van der Waals surface area contributed by atoms with E-state index in [9.17, 15) is 4.79 Å². The molecule has 4 aliphatic carbocycles. The average molecular weight is 367 g/mol. The number of rotatable bonds is 1. The molecule has 1 aromatic heterocycles. The van der Waals surface area contributed by atoms with Crippen LogP contribution in [0.2, 0.25) is 0 Å². The Morgan fingerprint density at radius 3 is 2.74 bits per heavy atom. The van der Waals surface area contributed by atoms with E-state index >= 15 is 0 Å². The Morgan fingerprint density at radius 2 is 1.96 bits per heavy atom. The molecule has 4 fully saturated rings. The normalized spacial score (nSPS) is 45.4. The molecular weight excluding hydrogens is 332 g/mol. The van der Waals surface area contributed by atoms with Gasteiger partial charge in [0.1, 0.15) is 0 Å². The lowest BCUT2D eigenvalue weighted by Crippen LogP contribution is -2.52. The summed E-state index contributed by atoms with van der Waals surface area (Å²) in [6.45, 7) is 4.90. The van der Waals surface area contributed by atoms with Crippen LogP contribution in [0.1, 0.15) is 77.2 Å². The highest BCUT2D eigenvalue weighted by Crippen LogP contribution is 2.66. The topological polar surface area (TPSA) is 34.9 Å². The number of aromatic nitrogens is 2. The first-order valence-electron chi connectivity index (χ1n) is 11.2. The Labute approximate surface area is 163 Å². The molecule has 1 heterocycles. The summed E-state index contributed by atoms with van der Waals surface area (Å²) in [5.41, 5.74) is 2.56. The van der Waals surface area contributed by atoms with Gasteiger partial charge in [0, 0.05) is 24.2 Å². The summed E-state index contributed by atoms with van der Waals surface area (Å²) < 4.78 is 1.82. The molecule has 5 rings (SSSR count). The minimum absolute atomic E-state index is 0.118. The summed E-state index contributed by atoms with van der Waals surface area (Å²) >= 11 is 0. The van der Waals surface area contributed by atoms with E-state index < -0.39 is 0 Å². The van der Waals surface area contributed by atoms with Crippen molar-refractivity contribution in [3.8, 4) is 0 Å². The van der Waals surface area contributed by atoms with Gasteiger partial charge in [-0.25, -0.2) is 0 Å². The summed E-state index contributed by atoms with van der Waals surface area (Å²) in [5, 5.41) is 4.27. The Kier molecular flexibility index (Phi) is 3.97. The molecule has 27 heavy (non-hydrogen) atoms. The second-order valence-electron chi connectivity index (χ2n) is 10.5. The molecule has 3 heteroatoms. The lowest BCUT2D eigenvalue weighted by atomic mass is 9.45. The van der Waals surface area contributed by atoms with Gasteiger partial charge >= 0.3 is 0 Å². The molecular formula is C24H34N2O. The fourth-order valence-corrected chi connectivity index (χ4v) is 7.81. The monoisotopic (exact) mass is 366 g/mol. The number of hydrogen-bond acceptors (Lipinski definition) is 2. The molecule has 4 aliphatic rings. The van der Waals surface area contributed by atoms with Gasteiger partial charge in [-0.05, 0) is 85.7 Å². The predicted molar refractivity (Wildman–Crippen MR) is 108 cm³/mol. The first kappa shape index (κ1) is 17.7. The molecule has 0 amide bonds. The highest BCUT2D eigenvalue weighted by atomic mass is 16.1. The predicted octanol–water partition coefficient (Wildman–Crippen LogP) is 5.42. The fraction of sp³-hybridized carbons (Fsp3) is 0.750. The van der Waals surface area contributed by atoms with Crippen LogP contribution in [0.5, 0.6) is 0 Å². The minimum Gasteiger partial charge on any atom is -0.294 e. The van der Waals surface area contributed by atoms with Crippen LogP contribution < -0.4 is 0 Å². The van der Waals surface area contributed by atoms with Crippen molar-refractivity contribution in [1.82, 2.24) is 9.78 Å². The molecule has 0 spiro atoms. The maximum atomic E-state index is 13.4. The van der Waals surface area contributed by atoms with Crippen LogP contribution in [0.3, 0.4) is 0 Å². The maximum absolute atomic E-state index is 13.4. The SMILES string of the molecule is Cn1cc(/C=C2\C[C@@H]3[C@H]4CC[C@@H]5CCCC[C@]5(C)[C@@H]4CC[C@@]3(C)C2=O)cn1. The van der Waals surface area contributed by atoms with E-state index in [1.807, 2.05) is 24.1 Å². The van der Waals surface area contributed by atoms with Gasteiger partial charge in [0.25, 0.3) is 0 Å². The number of allylic oxidation sites excluding steroid dienone is 1. The zero-order valence-electron chi connectivity index (χ0n) is 17.2. The Morgan fingerprint density at radius 1 is 1.11 bits per heavy atom. The molecule has 1 aromatic rings. The summed E-state index contributed by atoms with van der Waals surface area (Å²) in [5.74, 6) is 3.54. The number of hydrogen-bond donors (Lipinski definition) is 0. The van der Waals surface area contributed by atoms with Gasteiger partial charge in [-0.1, -0.05) is 26.7 Å². The number of aryl methyl sites for hydroxylation is 1. The molecule has 6 atom stereocenters. The number of nitrogens with zero attached hydrogens (tertiary/aromatic N) is 2. The third-order valence-corrected chi connectivity index (χ3v) is 9.29. The quantitative estimate of drug-likeness (QED) is 0.622. The van der Waals surface area contributed by atoms with Gasteiger partial charge in [-0.2, -0.15) is 5.10 Å². The number of carbonyl (C=O) groups excluding carboxylic acids is 1. The molecule has 146 valence electrons. The fourth-order valence-electron chi connectivity index (χ4n) is 7.81. The Balaban J connectivity index is 1.46. The second-order valence-corrected chi connectivity index (χ2v) is 10.5. The van der Waals surface area contributed by atoms with Crippen molar-refractivity contribution in [2.45, 2.75) is 71.6 Å². The molecule has 0 saturated heterocycles. The molecule has 0 unspecified atom stereocenters. The summed E-state index contributed by atoms with van der Waals surface area (Å²) in [6, 6.07) is 0. The van der Waals surface area contributed by atoms with Gasteiger partial charge in [0.15, 0.2) is 5.78 Å². The van der Waals surface area contributed by atoms with Crippen molar-refractivity contribution < 1.29 is 4.79 Å². The summed E-state index contributed by atoms with van der Waals surface area (Å²) in [6.07, 6.45) is 17.9. The molecule has 0 bridgehead atoms. The van der Waals surface area contributed by atoms with Crippen molar-refractivity contribution in [2.75, 3.05) is 0 Å². The van der Waals surface area contributed by atoms with Crippen LogP contribution in [0.15, 0.2) is 18.0 Å². The molecule has 0 aromatic carbocycles. The molecule has 0 radical (unpaired) electrons. The van der Waals surface area contributed by atoms with Crippen molar-refractivity contribution in [3.05, 3.63) is 23.5 Å². The third kappa shape index (κ3) is 2.53. The highest BCUT2D eigenvalue weighted by Gasteiger charge is 2.60. The number of ketones is 1. The zero-order valence-corrected chi connectivity index (χ0v) is 17.2. The van der Waals surface area contributed by atoms with E-state index in [0.29, 0.717) is 17.1 Å². The lowest BCUT2D eigenvalue weighted by Gasteiger charge is -2.59. The van der Waals surface area contributed by atoms with E-state index in [4.69, 9.17) is 0 Å². The van der Waals surface area contributed by atoms with Crippen LogP contribution in [0.4, 0.5) is 0 Å². The first-order chi connectivity index (χ1) is 12.9. The van der Waals surface area contributed by atoms with Crippen LogP contribution in [0.25, 0.3) is 6.08 Å². The summed E-state index contributed by atoms with van der Waals surface area (Å²) in [7, 11) is 1.94. The van der Waals surface area contributed by atoms with Gasteiger partial charge in [-0.15, -0.1) is 0 Å². The van der Waals surface area contributed by atoms with Crippen LogP contribution in [0, 0.1) is 34.5 Å². The van der Waals surface area contributed by atoms with Crippen molar-refractivity contribution >= 4 is 11.9 Å². The van der Waals surface area contributed by atoms with E-state index in [1.54, 1.807) is 0 Å². The van der Waals surface area contributed by atoms with Gasteiger partial charge in [0.2, 0.25) is 0 Å². The van der Waals surface area contributed by atoms with Gasteiger partial charge in [-0.3, -0.25) is 9.48 Å². The highest BCUT2D eigenvalue weighted by molar-refractivity contribution is 6.05. The van der Waals surface area contributed by atoms with E-state index in [1.165, 1.54) is 44.9 Å². The summed E-state index contributed by atoms with van der Waals surface area (Å²) in [4.78, 5) is 13.4. The average Bonchev–Trinajstić information content (AvgIpc) is 3.16. The molecule has 0 N–H and O–H groups in total. The van der Waals surface area contributed by atoms with Crippen molar-refractivity contribution in [1.29, 1.82) is 0 Å². The number of fused-ring (bicyclic) bond motifs is 5. The number of Topliss-reactive ketones (excluding diaryl/α,β-unsaturated/α-hetero) is 1. The van der Waals surface area contributed by atoms with Gasteiger partial charge in [0.05, 0.1) is 6.20 Å². The van der Waals surface area contributed by atoms with Crippen molar-refractivity contribution in [2.24, 2.45) is 41.5 Å². The van der Waals surface area contributed by atoms with E-state index in [0.717, 1.165) is 41.7 Å². The van der Waals surface area contributed by atoms with Crippen molar-refractivity contribution in [3.63, 3.8) is 0 Å². The first-order valence-corrected chi connectivity index (χ1v) is 11.2. The lowest BCUT2D eigenvalue weighted by molar-refractivity contribution is -0.137. The van der Waals surface area contributed by atoms with Crippen LogP contribution >= 0.6 is 0 Å².